The minimum absolute atomic E-state index is 0.00198. The van der Waals surface area contributed by atoms with E-state index >= 15 is 0 Å². The van der Waals surface area contributed by atoms with Crippen LogP contribution in [-0.4, -0.2) is 118 Å². The molecule has 1 saturated carbocycles. The molecule has 1 aliphatic carbocycles. The Bertz CT molecular complexity index is 2500. The van der Waals surface area contributed by atoms with E-state index in [-0.39, 0.29) is 75.6 Å². The summed E-state index contributed by atoms with van der Waals surface area (Å²) in [4.78, 5) is 33.3. The van der Waals surface area contributed by atoms with Gasteiger partial charge in [-0.3, -0.25) is 25.1 Å². The van der Waals surface area contributed by atoms with E-state index < -0.39 is 9.84 Å². The highest BCUT2D eigenvalue weighted by molar-refractivity contribution is 7.91. The number of hydrogen-bond donors (Lipinski definition) is 3. The van der Waals surface area contributed by atoms with Gasteiger partial charge in [-0.05, 0) is 91.9 Å². The molecule has 6 aliphatic rings. The number of carbonyl (C=O) groups is 2. The molecule has 14 nitrogen and oxygen atoms in total. The Morgan fingerprint density at radius 3 is 2.29 bits per heavy atom. The van der Waals surface area contributed by atoms with Gasteiger partial charge in [0, 0.05) is 79.9 Å². The molecular weight excluding hydrogens is 866 g/mol. The molecule has 65 heavy (non-hydrogen) atoms. The van der Waals surface area contributed by atoms with Crippen LogP contribution >= 0.6 is 11.6 Å². The van der Waals surface area contributed by atoms with Crippen molar-refractivity contribution in [3.8, 4) is 29.1 Å². The lowest BCUT2D eigenvalue weighted by molar-refractivity contribution is -0.208. The van der Waals surface area contributed by atoms with Crippen LogP contribution in [0.5, 0.6) is 23.0 Å². The summed E-state index contributed by atoms with van der Waals surface area (Å²) in [6.45, 7) is 14.7. The van der Waals surface area contributed by atoms with Crippen LogP contribution in [0.3, 0.4) is 0 Å². The Labute approximate surface area is 387 Å². The molecule has 5 atom stereocenters. The van der Waals surface area contributed by atoms with Gasteiger partial charge in [-0.1, -0.05) is 46.2 Å². The number of likely N-dealkylation sites (tertiary alicyclic amines) is 2. The predicted octanol–water partition coefficient (Wildman–Crippen LogP) is 5.86. The van der Waals surface area contributed by atoms with Crippen molar-refractivity contribution in [2.75, 3.05) is 52.1 Å². The van der Waals surface area contributed by atoms with Crippen LogP contribution in [0.25, 0.3) is 5.57 Å². The van der Waals surface area contributed by atoms with Crippen LogP contribution in [0, 0.1) is 39.9 Å². The summed E-state index contributed by atoms with van der Waals surface area (Å²) in [6.07, 6.45) is 4.37. The van der Waals surface area contributed by atoms with Crippen molar-refractivity contribution in [2.45, 2.75) is 89.3 Å². The summed E-state index contributed by atoms with van der Waals surface area (Å²) in [5.41, 5.74) is 1.32. The fourth-order valence-electron chi connectivity index (χ4n) is 11.9. The van der Waals surface area contributed by atoms with Gasteiger partial charge >= 0.3 is 0 Å². The van der Waals surface area contributed by atoms with Gasteiger partial charge in [0.1, 0.15) is 41.5 Å². The van der Waals surface area contributed by atoms with Crippen LogP contribution < -0.4 is 30.2 Å². The van der Waals surface area contributed by atoms with Gasteiger partial charge < -0.3 is 29.3 Å². The second kappa shape index (κ2) is 17.5. The van der Waals surface area contributed by atoms with Gasteiger partial charge in [0.05, 0.1) is 39.8 Å². The first-order valence-electron chi connectivity index (χ1n) is 22.9. The average Bonchev–Trinajstić information content (AvgIpc) is 3.91. The minimum atomic E-state index is -3.48. The number of benzene rings is 3. The van der Waals surface area contributed by atoms with E-state index in [2.05, 4.69) is 59.5 Å². The Morgan fingerprint density at radius 1 is 0.892 bits per heavy atom. The number of ether oxygens (including phenoxy) is 3. The molecular formula is C49H60ClN7O7S. The van der Waals surface area contributed by atoms with Crippen molar-refractivity contribution in [1.82, 2.24) is 30.7 Å². The van der Waals surface area contributed by atoms with E-state index in [4.69, 9.17) is 25.8 Å². The standard InChI is InChI=1S/C49H60ClN7O7S/c1-7-65(60,61)34-14-15-41(36(23-34)38-26-55(6)44(59)42-35(38)16-19-52-42)63-32-12-10-31(11-13-32)62-28-29-17-20-56(21-18-29)47-53-25-37-40(54-47)27-57(43(37)58)45-48(2,3)46(49(45,4)5)64-33-9-8-30(24-51)39(50)22-33/h8-15,22-23,26,29,35,37,40,42,45-47,52-54H,7,16-21,25,27-28H2,1-6H3. The minimum Gasteiger partial charge on any atom is -0.493 e. The molecule has 5 fully saturated rings. The highest BCUT2D eigenvalue weighted by Gasteiger charge is 2.68. The summed E-state index contributed by atoms with van der Waals surface area (Å²) >= 11 is 6.32. The second-order valence-corrected chi connectivity index (χ2v) is 22.4. The molecule has 0 radical (unpaired) electrons. The topological polar surface area (TPSA) is 166 Å². The van der Waals surface area contributed by atoms with Crippen molar-refractivity contribution in [1.29, 1.82) is 5.26 Å². The molecule has 4 saturated heterocycles. The van der Waals surface area contributed by atoms with Crippen LogP contribution in [0.15, 0.2) is 71.8 Å². The number of likely N-dealkylation sites (N-methyl/N-ethyl adjacent to an activating group) is 1. The van der Waals surface area contributed by atoms with Crippen molar-refractivity contribution >= 4 is 38.8 Å². The van der Waals surface area contributed by atoms with Crippen molar-refractivity contribution < 1.29 is 32.2 Å². The SMILES string of the molecule is CCS(=O)(=O)c1ccc(Oc2ccc(OCC3CCN(C4NCC5C(=O)N(C6C(C)(C)C(Oc7ccc(C#N)c(Cl)c7)C6(C)C)CC5N4)CC3)cc2)c(C2=CN(C)C(=O)C3NCCC23)c1. The van der Waals surface area contributed by atoms with Gasteiger partial charge in [-0.25, -0.2) is 8.42 Å². The van der Waals surface area contributed by atoms with E-state index in [9.17, 15) is 23.3 Å². The zero-order chi connectivity index (χ0) is 46.0. The molecule has 0 bridgehead atoms. The molecule has 0 aromatic heterocycles. The van der Waals surface area contributed by atoms with Crippen LogP contribution in [0.2, 0.25) is 5.02 Å². The van der Waals surface area contributed by atoms with Gasteiger partial charge in [0.25, 0.3) is 0 Å². The number of amides is 2. The summed E-state index contributed by atoms with van der Waals surface area (Å²) in [5, 5.41) is 20.4. The number of nitriles is 1. The zero-order valence-corrected chi connectivity index (χ0v) is 39.5. The number of nitrogens with one attached hydrogen (secondary N) is 3. The molecule has 16 heteroatoms. The van der Waals surface area contributed by atoms with Gasteiger partial charge in [0.2, 0.25) is 11.8 Å². The first kappa shape index (κ1) is 45.5. The lowest BCUT2D eigenvalue weighted by Gasteiger charge is -2.65. The van der Waals surface area contributed by atoms with E-state index in [0.29, 0.717) is 65.6 Å². The number of piperidine rings is 1. The number of fused-ring (bicyclic) bond motifs is 2. The van der Waals surface area contributed by atoms with Gasteiger partial charge in [-0.2, -0.15) is 5.26 Å². The molecule has 3 aromatic carbocycles. The Balaban J connectivity index is 0.774. The quantitative estimate of drug-likeness (QED) is 0.198. The van der Waals surface area contributed by atoms with Crippen molar-refractivity contribution in [3.63, 3.8) is 0 Å². The Morgan fingerprint density at radius 2 is 1.60 bits per heavy atom. The smallest absolute Gasteiger partial charge is 0.244 e. The summed E-state index contributed by atoms with van der Waals surface area (Å²) < 4.78 is 45.2. The van der Waals surface area contributed by atoms with E-state index in [1.807, 2.05) is 30.5 Å². The molecule has 5 heterocycles. The highest BCUT2D eigenvalue weighted by atomic mass is 35.5. The first-order valence-corrected chi connectivity index (χ1v) is 24.9. The summed E-state index contributed by atoms with van der Waals surface area (Å²) in [5.74, 6) is 2.80. The maximum absolute atomic E-state index is 14.0. The molecule has 346 valence electrons. The Hall–Kier alpha value is -4.69. The lowest BCUT2D eigenvalue weighted by Crippen LogP contribution is -2.75. The Kier molecular flexibility index (Phi) is 12.2. The van der Waals surface area contributed by atoms with Crippen LogP contribution in [0.4, 0.5) is 0 Å². The number of hydrogen-bond acceptors (Lipinski definition) is 12. The molecule has 3 N–H and O–H groups in total. The third kappa shape index (κ3) is 8.40. The number of rotatable bonds is 12. The molecule has 0 spiro atoms. The van der Waals surface area contributed by atoms with Crippen molar-refractivity contribution in [2.24, 2.45) is 28.6 Å². The summed E-state index contributed by atoms with van der Waals surface area (Å²) in [7, 11) is -1.75. The van der Waals surface area contributed by atoms with Gasteiger partial charge in [-0.15, -0.1) is 0 Å². The normalized spacial score (nSPS) is 28.8. The second-order valence-electron chi connectivity index (χ2n) is 19.8. The molecule has 3 aromatic rings. The number of sulfone groups is 1. The number of carbonyl (C=O) groups excluding carboxylic acids is 2. The van der Waals surface area contributed by atoms with Crippen molar-refractivity contribution in [3.05, 3.63) is 83.0 Å². The first-order chi connectivity index (χ1) is 31.0. The fraction of sp³-hybridized carbons (Fsp3) is 0.531. The van der Waals surface area contributed by atoms with Gasteiger partial charge in [0.15, 0.2) is 9.84 Å². The van der Waals surface area contributed by atoms with E-state index in [0.717, 1.165) is 43.7 Å². The molecule has 9 rings (SSSR count). The average molecular weight is 927 g/mol. The van der Waals surface area contributed by atoms with Crippen LogP contribution in [-0.2, 0) is 19.4 Å². The third-order valence-corrected chi connectivity index (χ3v) is 16.9. The maximum atomic E-state index is 14.0. The lowest BCUT2D eigenvalue weighted by atomic mass is 9.49. The fourth-order valence-corrected chi connectivity index (χ4v) is 13.0. The molecule has 2 amide bonds. The predicted molar refractivity (Wildman–Crippen MR) is 247 cm³/mol. The van der Waals surface area contributed by atoms with Crippen LogP contribution in [0.1, 0.15) is 65.0 Å². The monoisotopic (exact) mass is 925 g/mol. The maximum Gasteiger partial charge on any atom is 0.244 e. The largest absolute Gasteiger partial charge is 0.493 e. The van der Waals surface area contributed by atoms with E-state index in [1.54, 1.807) is 55.3 Å². The van der Waals surface area contributed by atoms with E-state index in [1.165, 1.54) is 0 Å². The number of nitrogens with zero attached hydrogens (tertiary/aromatic N) is 4. The molecule has 5 aliphatic heterocycles. The third-order valence-electron chi connectivity index (χ3n) is 14.9. The molecule has 5 unspecified atom stereocenters. The number of halogens is 1. The zero-order valence-electron chi connectivity index (χ0n) is 38.0. The highest BCUT2D eigenvalue weighted by Crippen LogP contribution is 2.59. The summed E-state index contributed by atoms with van der Waals surface area (Å²) in [6, 6.07) is 19.4.